The highest BCUT2D eigenvalue weighted by Crippen LogP contribution is 2.35. The molecule has 1 fully saturated rings. The molecule has 4 rings (SSSR count). The lowest BCUT2D eigenvalue weighted by Crippen LogP contribution is -2.65. The summed E-state index contributed by atoms with van der Waals surface area (Å²) in [7, 11) is 0. The average molecular weight is 453 g/mol. The molecule has 1 unspecified atom stereocenters. The Labute approximate surface area is 194 Å². The first-order valence-electron chi connectivity index (χ1n) is 11.7. The minimum atomic E-state index is -1.21. The lowest BCUT2D eigenvalue weighted by Gasteiger charge is -2.44. The summed E-state index contributed by atoms with van der Waals surface area (Å²) in [6.07, 6.45) is 5.25. The van der Waals surface area contributed by atoms with E-state index < -0.39 is 11.5 Å². The zero-order valence-electron chi connectivity index (χ0n) is 19.8. The van der Waals surface area contributed by atoms with Crippen molar-refractivity contribution >= 4 is 23.5 Å². The third-order valence-electron chi connectivity index (χ3n) is 6.67. The summed E-state index contributed by atoms with van der Waals surface area (Å²) in [5.74, 6) is -1.15. The zero-order valence-corrected chi connectivity index (χ0v) is 19.8. The average Bonchev–Trinajstić information content (AvgIpc) is 3.21. The Morgan fingerprint density at radius 2 is 1.91 bits per heavy atom. The number of ether oxygens (including phenoxy) is 1. The van der Waals surface area contributed by atoms with Crippen LogP contribution in [0.4, 0.5) is 5.69 Å². The molecule has 8 nitrogen and oxygen atoms in total. The molecule has 1 saturated carbocycles. The molecule has 2 aromatic rings. The van der Waals surface area contributed by atoms with E-state index >= 15 is 0 Å². The third kappa shape index (κ3) is 4.26. The maximum absolute atomic E-state index is 13.8. The van der Waals surface area contributed by atoms with Gasteiger partial charge in [0.05, 0.1) is 13.2 Å². The Kier molecular flexibility index (Phi) is 6.28. The van der Waals surface area contributed by atoms with Crippen molar-refractivity contribution in [2.24, 2.45) is 0 Å². The molecule has 1 atom stereocenters. The molecule has 1 aromatic heterocycles. The topological polar surface area (TPSA) is 93.5 Å². The molecule has 1 aliphatic carbocycles. The van der Waals surface area contributed by atoms with Crippen LogP contribution in [0, 0.1) is 13.8 Å². The number of nitrogens with zero attached hydrogens (tertiary/aromatic N) is 3. The second-order valence-corrected chi connectivity index (χ2v) is 9.31. The maximum atomic E-state index is 13.8. The van der Waals surface area contributed by atoms with Gasteiger partial charge in [-0.3, -0.25) is 19.2 Å². The molecule has 33 heavy (non-hydrogen) atoms. The zero-order chi connectivity index (χ0) is 23.8. The van der Waals surface area contributed by atoms with E-state index in [-0.39, 0.29) is 42.4 Å². The molecule has 0 saturated heterocycles. The number of fused-ring (bicyclic) bond motifs is 1. The molecular formula is C25H32N4O4. The van der Waals surface area contributed by atoms with Gasteiger partial charge in [-0.2, -0.15) is 5.10 Å². The van der Waals surface area contributed by atoms with Crippen LogP contribution in [0.25, 0.3) is 0 Å². The van der Waals surface area contributed by atoms with Gasteiger partial charge in [0.1, 0.15) is 11.2 Å². The molecule has 8 heteroatoms. The number of aryl methyl sites for hydroxylation is 2. The quantitative estimate of drug-likeness (QED) is 0.701. The first-order chi connectivity index (χ1) is 15.7. The van der Waals surface area contributed by atoms with Crippen molar-refractivity contribution in [2.75, 3.05) is 11.5 Å². The smallest absolute Gasteiger partial charge is 0.358 e. The predicted octanol–water partition coefficient (Wildman–Crippen LogP) is 3.54. The van der Waals surface area contributed by atoms with Gasteiger partial charge in [0.15, 0.2) is 5.69 Å². The normalized spacial score (nSPS) is 21.0. The Morgan fingerprint density at radius 1 is 1.18 bits per heavy atom. The number of hydrogen-bond donors (Lipinski definition) is 1. The van der Waals surface area contributed by atoms with Crippen LogP contribution in [-0.4, -0.2) is 45.8 Å². The fraction of sp³-hybridized carbons (Fsp3) is 0.520. The van der Waals surface area contributed by atoms with E-state index in [0.717, 1.165) is 36.8 Å². The minimum absolute atomic E-state index is 0.0676. The molecule has 1 aromatic carbocycles. The van der Waals surface area contributed by atoms with Gasteiger partial charge in [0, 0.05) is 17.8 Å². The van der Waals surface area contributed by atoms with E-state index in [1.54, 1.807) is 18.7 Å². The number of benzene rings is 1. The SMILES string of the molecule is CCOC(=O)c1cc2n(n1)CC(C)(C(=O)NC1CCCCC1)N(c1cc(C)ccc1C)C2=O. The van der Waals surface area contributed by atoms with Gasteiger partial charge in [-0.1, -0.05) is 31.4 Å². The van der Waals surface area contributed by atoms with Gasteiger partial charge in [-0.25, -0.2) is 4.79 Å². The predicted molar refractivity (Wildman–Crippen MR) is 124 cm³/mol. The number of nitrogens with one attached hydrogen (secondary N) is 1. The molecule has 1 aliphatic heterocycles. The first kappa shape index (κ1) is 23.0. The highest BCUT2D eigenvalue weighted by atomic mass is 16.5. The number of rotatable bonds is 5. The van der Waals surface area contributed by atoms with Crippen molar-refractivity contribution in [3.8, 4) is 0 Å². The van der Waals surface area contributed by atoms with Crippen molar-refractivity contribution in [1.29, 1.82) is 0 Å². The van der Waals surface area contributed by atoms with Crippen LogP contribution < -0.4 is 10.2 Å². The number of anilines is 1. The number of amides is 2. The molecule has 176 valence electrons. The third-order valence-corrected chi connectivity index (χ3v) is 6.67. The van der Waals surface area contributed by atoms with Crippen LogP contribution in [0.5, 0.6) is 0 Å². The summed E-state index contributed by atoms with van der Waals surface area (Å²) >= 11 is 0. The summed E-state index contributed by atoms with van der Waals surface area (Å²) < 4.78 is 6.54. The lowest BCUT2D eigenvalue weighted by atomic mass is 9.90. The van der Waals surface area contributed by atoms with E-state index in [1.807, 2.05) is 32.0 Å². The Bertz CT molecular complexity index is 1090. The van der Waals surface area contributed by atoms with Crippen LogP contribution >= 0.6 is 0 Å². The molecule has 1 N–H and O–H groups in total. The Morgan fingerprint density at radius 3 is 2.61 bits per heavy atom. The van der Waals surface area contributed by atoms with Crippen LogP contribution in [0.3, 0.4) is 0 Å². The van der Waals surface area contributed by atoms with Crippen molar-refractivity contribution < 1.29 is 19.1 Å². The fourth-order valence-electron chi connectivity index (χ4n) is 4.81. The second-order valence-electron chi connectivity index (χ2n) is 9.31. The Hall–Kier alpha value is -3.16. The first-order valence-corrected chi connectivity index (χ1v) is 11.7. The van der Waals surface area contributed by atoms with Crippen molar-refractivity contribution in [1.82, 2.24) is 15.1 Å². The number of carbonyl (C=O) groups excluding carboxylic acids is 3. The van der Waals surface area contributed by atoms with Crippen molar-refractivity contribution in [3.05, 3.63) is 46.8 Å². The van der Waals surface area contributed by atoms with Gasteiger partial charge in [-0.05, 0) is 57.7 Å². The molecule has 0 radical (unpaired) electrons. The van der Waals surface area contributed by atoms with E-state index in [0.29, 0.717) is 5.69 Å². The standard InChI is InChI=1S/C25H32N4O4/c1-5-33-23(31)19-14-21-22(30)29(20-13-16(2)11-12-17(20)3)25(4,15-28(21)27-19)24(32)26-18-9-7-6-8-10-18/h11-14,18H,5-10,15H2,1-4H3,(H,26,32). The number of esters is 1. The molecule has 0 bridgehead atoms. The van der Waals surface area contributed by atoms with Crippen LogP contribution in [0.1, 0.15) is 78.1 Å². The van der Waals surface area contributed by atoms with Gasteiger partial charge in [0.25, 0.3) is 5.91 Å². The number of aromatic nitrogens is 2. The van der Waals surface area contributed by atoms with Gasteiger partial charge >= 0.3 is 5.97 Å². The van der Waals surface area contributed by atoms with E-state index in [1.165, 1.54) is 17.2 Å². The number of carbonyl (C=O) groups is 3. The summed E-state index contributed by atoms with van der Waals surface area (Å²) in [6.45, 7) is 7.73. The monoisotopic (exact) mass is 452 g/mol. The minimum Gasteiger partial charge on any atom is -0.461 e. The van der Waals surface area contributed by atoms with E-state index in [4.69, 9.17) is 4.74 Å². The summed E-state index contributed by atoms with van der Waals surface area (Å²) in [4.78, 5) is 41.4. The van der Waals surface area contributed by atoms with Crippen LogP contribution in [-0.2, 0) is 16.1 Å². The maximum Gasteiger partial charge on any atom is 0.358 e. The van der Waals surface area contributed by atoms with Gasteiger partial charge in [-0.15, -0.1) is 0 Å². The van der Waals surface area contributed by atoms with Crippen molar-refractivity contribution in [3.63, 3.8) is 0 Å². The fourth-order valence-corrected chi connectivity index (χ4v) is 4.81. The summed E-state index contributed by atoms with van der Waals surface area (Å²) in [5.41, 5.74) is 1.69. The Balaban J connectivity index is 1.78. The molecule has 2 heterocycles. The van der Waals surface area contributed by atoms with Crippen molar-refractivity contribution in [2.45, 2.75) is 77.9 Å². The molecule has 2 amide bonds. The molecule has 2 aliphatic rings. The van der Waals surface area contributed by atoms with E-state index in [2.05, 4.69) is 10.4 Å². The highest BCUT2D eigenvalue weighted by Gasteiger charge is 2.50. The molecular weight excluding hydrogens is 420 g/mol. The molecule has 0 spiro atoms. The number of hydrogen-bond acceptors (Lipinski definition) is 5. The lowest BCUT2D eigenvalue weighted by molar-refractivity contribution is -0.127. The van der Waals surface area contributed by atoms with Crippen LogP contribution in [0.15, 0.2) is 24.3 Å². The summed E-state index contributed by atoms with van der Waals surface area (Å²) in [6, 6.07) is 7.42. The second kappa shape index (κ2) is 9.00. The largest absolute Gasteiger partial charge is 0.461 e. The van der Waals surface area contributed by atoms with Gasteiger partial charge < -0.3 is 10.1 Å². The van der Waals surface area contributed by atoms with Crippen LogP contribution in [0.2, 0.25) is 0 Å². The van der Waals surface area contributed by atoms with E-state index in [9.17, 15) is 14.4 Å². The van der Waals surface area contributed by atoms with Gasteiger partial charge in [0.2, 0.25) is 5.91 Å². The summed E-state index contributed by atoms with van der Waals surface area (Å²) in [5, 5.41) is 7.53. The highest BCUT2D eigenvalue weighted by molar-refractivity contribution is 6.12.